The minimum absolute atomic E-state index is 0.169. The topological polar surface area (TPSA) is 76.4 Å². The van der Waals surface area contributed by atoms with E-state index in [1.807, 2.05) is 0 Å². The number of aliphatic hydroxyl groups is 1. The maximum Gasteiger partial charge on any atom is 0.417 e. The van der Waals surface area contributed by atoms with E-state index < -0.39 is 34.6 Å². The Balaban J connectivity index is 1.77. The van der Waals surface area contributed by atoms with E-state index in [4.69, 9.17) is 5.26 Å². The summed E-state index contributed by atoms with van der Waals surface area (Å²) in [6.07, 6.45) is -4.14. The number of β-amino-alcohol motifs (C(OH)–C–C–N with tert-alkyl or cyclic N) is 1. The maximum absolute atomic E-state index is 13.5. The highest BCUT2D eigenvalue weighted by Crippen LogP contribution is 2.34. The molecule has 0 radical (unpaired) electrons. The summed E-state index contributed by atoms with van der Waals surface area (Å²) in [5.41, 5.74) is -2.46. The van der Waals surface area contributed by atoms with Gasteiger partial charge in [0.25, 0.3) is 5.91 Å². The van der Waals surface area contributed by atoms with Gasteiger partial charge in [0, 0.05) is 17.9 Å². The number of amides is 1. The number of carbonyl (C=O) groups excluding carboxylic acids is 1. The van der Waals surface area contributed by atoms with Gasteiger partial charge in [-0.1, -0.05) is 6.07 Å². The quantitative estimate of drug-likeness (QED) is 0.761. The van der Waals surface area contributed by atoms with Gasteiger partial charge in [0.2, 0.25) is 0 Å². The van der Waals surface area contributed by atoms with Crippen LogP contribution >= 0.6 is 0 Å². The molecule has 9 heteroatoms. The van der Waals surface area contributed by atoms with Gasteiger partial charge in [-0.15, -0.1) is 0 Å². The summed E-state index contributed by atoms with van der Waals surface area (Å²) in [6.45, 7) is 1.53. The van der Waals surface area contributed by atoms with E-state index in [-0.39, 0.29) is 12.2 Å². The highest BCUT2D eigenvalue weighted by atomic mass is 19.4. The summed E-state index contributed by atoms with van der Waals surface area (Å²) in [5.74, 6) is -1.36. The summed E-state index contributed by atoms with van der Waals surface area (Å²) in [5, 5.41) is 21.7. The van der Waals surface area contributed by atoms with Crippen LogP contribution in [0.3, 0.4) is 0 Å². The van der Waals surface area contributed by atoms with Gasteiger partial charge in [0.15, 0.2) is 5.60 Å². The lowest BCUT2D eigenvalue weighted by Crippen LogP contribution is -2.49. The molecule has 2 N–H and O–H groups in total. The van der Waals surface area contributed by atoms with Crippen molar-refractivity contribution < 1.29 is 27.5 Å². The van der Waals surface area contributed by atoms with Crippen molar-refractivity contribution in [2.45, 2.75) is 25.1 Å². The molecule has 2 aromatic rings. The van der Waals surface area contributed by atoms with Crippen LogP contribution in [0.1, 0.15) is 23.6 Å². The van der Waals surface area contributed by atoms with E-state index in [2.05, 4.69) is 5.32 Å². The van der Waals surface area contributed by atoms with Crippen LogP contribution in [0.5, 0.6) is 0 Å². The van der Waals surface area contributed by atoms with Gasteiger partial charge in [0.1, 0.15) is 5.82 Å². The Labute approximate surface area is 164 Å². The third-order valence-corrected chi connectivity index (χ3v) is 4.73. The van der Waals surface area contributed by atoms with Crippen molar-refractivity contribution in [3.05, 3.63) is 58.9 Å². The van der Waals surface area contributed by atoms with Crippen molar-refractivity contribution in [2.24, 2.45) is 0 Å². The summed E-state index contributed by atoms with van der Waals surface area (Å²) in [6, 6.07) is 8.48. The smallest absolute Gasteiger partial charge is 0.378 e. The fourth-order valence-corrected chi connectivity index (χ4v) is 3.25. The SMILES string of the molecule is C[C@](O)(CN1CCc2ccc(F)cc21)C(=O)Nc1ccc(C#N)c(C(F)(F)F)c1. The highest BCUT2D eigenvalue weighted by Gasteiger charge is 2.37. The molecule has 1 heterocycles. The average molecular weight is 407 g/mol. The number of nitriles is 1. The Kier molecular flexibility index (Phi) is 5.24. The van der Waals surface area contributed by atoms with Crippen molar-refractivity contribution in [3.63, 3.8) is 0 Å². The first kappa shape index (κ1) is 20.6. The molecule has 0 fully saturated rings. The van der Waals surface area contributed by atoms with Crippen LogP contribution in [0, 0.1) is 17.1 Å². The second kappa shape index (κ2) is 7.37. The van der Waals surface area contributed by atoms with E-state index in [1.165, 1.54) is 25.1 Å². The lowest BCUT2D eigenvalue weighted by molar-refractivity contribution is -0.138. The molecule has 0 saturated carbocycles. The van der Waals surface area contributed by atoms with Gasteiger partial charge >= 0.3 is 6.18 Å². The van der Waals surface area contributed by atoms with E-state index in [9.17, 15) is 27.5 Å². The van der Waals surface area contributed by atoms with Crippen LogP contribution in [-0.2, 0) is 17.4 Å². The monoisotopic (exact) mass is 407 g/mol. The Bertz CT molecular complexity index is 996. The predicted octanol–water partition coefficient (Wildman–Crippen LogP) is 3.47. The van der Waals surface area contributed by atoms with Crippen LogP contribution in [0.4, 0.5) is 28.9 Å². The van der Waals surface area contributed by atoms with Crippen LogP contribution < -0.4 is 10.2 Å². The van der Waals surface area contributed by atoms with Crippen molar-refractivity contribution in [3.8, 4) is 6.07 Å². The molecule has 152 valence electrons. The lowest BCUT2D eigenvalue weighted by Gasteiger charge is -2.29. The molecule has 5 nitrogen and oxygen atoms in total. The number of hydrogen-bond donors (Lipinski definition) is 2. The van der Waals surface area contributed by atoms with Crippen LogP contribution in [0.2, 0.25) is 0 Å². The standard InChI is InChI=1S/C20H17F4N3O2/c1-19(29,11-27-7-6-12-2-4-14(21)8-17(12)27)18(28)26-15-5-3-13(10-25)16(9-15)20(22,23)24/h2-5,8-9,29H,6-7,11H2,1H3,(H,26,28)/t19-/m0/s1. The predicted molar refractivity (Wildman–Crippen MR) is 97.7 cm³/mol. The Hall–Kier alpha value is -3.12. The summed E-state index contributed by atoms with van der Waals surface area (Å²) < 4.78 is 52.8. The van der Waals surface area contributed by atoms with E-state index in [0.29, 0.717) is 24.7 Å². The molecule has 1 amide bonds. The first-order valence-electron chi connectivity index (χ1n) is 8.70. The number of nitrogens with one attached hydrogen (secondary N) is 1. The van der Waals surface area contributed by atoms with Crippen LogP contribution in [-0.4, -0.2) is 29.7 Å². The highest BCUT2D eigenvalue weighted by molar-refractivity contribution is 5.97. The Morgan fingerprint density at radius 2 is 2.00 bits per heavy atom. The molecule has 29 heavy (non-hydrogen) atoms. The number of anilines is 2. The molecule has 1 aliphatic rings. The Morgan fingerprint density at radius 3 is 2.66 bits per heavy atom. The molecule has 0 unspecified atom stereocenters. The molecular formula is C20H17F4N3O2. The largest absolute Gasteiger partial charge is 0.417 e. The van der Waals surface area contributed by atoms with Gasteiger partial charge in [-0.2, -0.15) is 18.4 Å². The molecule has 0 saturated heterocycles. The minimum atomic E-state index is -4.77. The van der Waals surface area contributed by atoms with Gasteiger partial charge in [-0.3, -0.25) is 4.79 Å². The van der Waals surface area contributed by atoms with E-state index in [0.717, 1.165) is 17.7 Å². The second-order valence-corrected chi connectivity index (χ2v) is 7.04. The van der Waals surface area contributed by atoms with Crippen molar-refractivity contribution >= 4 is 17.3 Å². The normalized spacial score (nSPS) is 15.4. The van der Waals surface area contributed by atoms with Crippen molar-refractivity contribution in [1.29, 1.82) is 5.26 Å². The fraction of sp³-hybridized carbons (Fsp3) is 0.300. The van der Waals surface area contributed by atoms with Crippen molar-refractivity contribution in [1.82, 2.24) is 0 Å². The molecule has 2 aromatic carbocycles. The lowest BCUT2D eigenvalue weighted by atomic mass is 10.0. The summed E-state index contributed by atoms with van der Waals surface area (Å²) >= 11 is 0. The number of carbonyl (C=O) groups is 1. The second-order valence-electron chi connectivity index (χ2n) is 7.04. The molecule has 3 rings (SSSR count). The zero-order chi connectivity index (χ0) is 21.4. The number of alkyl halides is 3. The first-order chi connectivity index (χ1) is 13.5. The summed E-state index contributed by atoms with van der Waals surface area (Å²) in [7, 11) is 0. The molecule has 0 bridgehead atoms. The number of nitrogens with zero attached hydrogens (tertiary/aromatic N) is 2. The molecule has 0 spiro atoms. The van der Waals surface area contributed by atoms with Crippen LogP contribution in [0.25, 0.3) is 0 Å². The molecule has 0 aliphatic carbocycles. The number of fused-ring (bicyclic) bond motifs is 1. The van der Waals surface area contributed by atoms with Gasteiger partial charge in [0.05, 0.1) is 23.7 Å². The number of benzene rings is 2. The Morgan fingerprint density at radius 1 is 1.28 bits per heavy atom. The number of rotatable bonds is 4. The van der Waals surface area contributed by atoms with E-state index in [1.54, 1.807) is 11.0 Å². The average Bonchev–Trinajstić information content (AvgIpc) is 3.02. The molecule has 1 atom stereocenters. The van der Waals surface area contributed by atoms with Gasteiger partial charge < -0.3 is 15.3 Å². The first-order valence-corrected chi connectivity index (χ1v) is 8.70. The summed E-state index contributed by atoms with van der Waals surface area (Å²) in [4.78, 5) is 14.2. The molecular weight excluding hydrogens is 390 g/mol. The maximum atomic E-state index is 13.5. The van der Waals surface area contributed by atoms with Gasteiger partial charge in [-0.25, -0.2) is 4.39 Å². The number of hydrogen-bond acceptors (Lipinski definition) is 4. The number of halogens is 4. The van der Waals surface area contributed by atoms with Crippen molar-refractivity contribution in [2.75, 3.05) is 23.3 Å². The fourth-order valence-electron chi connectivity index (χ4n) is 3.25. The van der Waals surface area contributed by atoms with E-state index >= 15 is 0 Å². The molecule has 0 aromatic heterocycles. The van der Waals surface area contributed by atoms with Crippen LogP contribution in [0.15, 0.2) is 36.4 Å². The minimum Gasteiger partial charge on any atom is -0.378 e. The molecule has 1 aliphatic heterocycles. The third kappa shape index (κ3) is 4.32. The zero-order valence-corrected chi connectivity index (χ0v) is 15.3. The third-order valence-electron chi connectivity index (χ3n) is 4.73. The zero-order valence-electron chi connectivity index (χ0n) is 15.3. The van der Waals surface area contributed by atoms with Gasteiger partial charge in [-0.05, 0) is 49.2 Å².